The third kappa shape index (κ3) is 3.10. The molecule has 2 aliphatic rings. The van der Waals surface area contributed by atoms with Gasteiger partial charge in [-0.25, -0.2) is 8.42 Å². The lowest BCUT2D eigenvalue weighted by Gasteiger charge is -2.18. The SMILES string of the molecule is O=C(Cc1ccc2c(c1)OCCO2)Nc1ccc2c(c1)S(=O)(=O)C=C2. The van der Waals surface area contributed by atoms with E-state index in [1.54, 1.807) is 30.3 Å². The van der Waals surface area contributed by atoms with Crippen molar-refractivity contribution in [2.45, 2.75) is 11.3 Å². The summed E-state index contributed by atoms with van der Waals surface area (Å²) in [5.41, 5.74) is 1.87. The maximum absolute atomic E-state index is 12.3. The van der Waals surface area contributed by atoms with Gasteiger partial charge in [-0.2, -0.15) is 0 Å². The fraction of sp³-hybridized carbons (Fsp3) is 0.167. The summed E-state index contributed by atoms with van der Waals surface area (Å²) in [6, 6.07) is 10.2. The number of nitrogens with one attached hydrogen (secondary N) is 1. The van der Waals surface area contributed by atoms with Crippen molar-refractivity contribution in [2.75, 3.05) is 18.5 Å². The monoisotopic (exact) mass is 357 g/mol. The van der Waals surface area contributed by atoms with Crippen molar-refractivity contribution in [3.8, 4) is 11.5 Å². The van der Waals surface area contributed by atoms with Gasteiger partial charge in [0.1, 0.15) is 13.2 Å². The highest BCUT2D eigenvalue weighted by atomic mass is 32.2. The molecule has 1 amide bonds. The lowest BCUT2D eigenvalue weighted by atomic mass is 10.1. The van der Waals surface area contributed by atoms with Gasteiger partial charge < -0.3 is 14.8 Å². The van der Waals surface area contributed by atoms with Crippen LogP contribution in [-0.4, -0.2) is 27.5 Å². The molecule has 0 saturated heterocycles. The van der Waals surface area contributed by atoms with E-state index < -0.39 is 9.84 Å². The first kappa shape index (κ1) is 15.7. The first-order valence-electron chi connectivity index (χ1n) is 7.77. The van der Waals surface area contributed by atoms with Gasteiger partial charge in [0.2, 0.25) is 15.7 Å². The van der Waals surface area contributed by atoms with Gasteiger partial charge in [-0.3, -0.25) is 4.79 Å². The number of benzene rings is 2. The van der Waals surface area contributed by atoms with Gasteiger partial charge in [-0.05, 0) is 41.5 Å². The summed E-state index contributed by atoms with van der Waals surface area (Å²) in [5.74, 6) is 1.07. The molecule has 25 heavy (non-hydrogen) atoms. The van der Waals surface area contributed by atoms with Crippen LogP contribution >= 0.6 is 0 Å². The smallest absolute Gasteiger partial charge is 0.228 e. The Labute approximate surface area is 145 Å². The summed E-state index contributed by atoms with van der Waals surface area (Å²) in [4.78, 5) is 12.5. The Kier molecular flexibility index (Phi) is 3.73. The second kappa shape index (κ2) is 5.93. The van der Waals surface area contributed by atoms with Crippen molar-refractivity contribution in [1.82, 2.24) is 0 Å². The number of anilines is 1. The van der Waals surface area contributed by atoms with E-state index in [4.69, 9.17) is 9.47 Å². The molecule has 0 aliphatic carbocycles. The van der Waals surface area contributed by atoms with Gasteiger partial charge >= 0.3 is 0 Å². The third-order valence-corrected chi connectivity index (χ3v) is 5.46. The van der Waals surface area contributed by atoms with Gasteiger partial charge in [-0.1, -0.05) is 12.1 Å². The van der Waals surface area contributed by atoms with E-state index in [0.717, 1.165) is 5.56 Å². The number of fused-ring (bicyclic) bond motifs is 2. The van der Waals surface area contributed by atoms with E-state index in [9.17, 15) is 13.2 Å². The summed E-state index contributed by atoms with van der Waals surface area (Å²) in [7, 11) is -3.40. The zero-order valence-electron chi connectivity index (χ0n) is 13.2. The van der Waals surface area contributed by atoms with Crippen molar-refractivity contribution >= 4 is 27.5 Å². The summed E-state index contributed by atoms with van der Waals surface area (Å²) in [5, 5.41) is 3.90. The van der Waals surface area contributed by atoms with Gasteiger partial charge in [-0.15, -0.1) is 0 Å². The molecule has 0 atom stereocenters. The average molecular weight is 357 g/mol. The lowest BCUT2D eigenvalue weighted by Crippen LogP contribution is -2.17. The Morgan fingerprint density at radius 2 is 1.84 bits per heavy atom. The molecule has 0 unspecified atom stereocenters. The van der Waals surface area contributed by atoms with Crippen LogP contribution in [0.3, 0.4) is 0 Å². The van der Waals surface area contributed by atoms with Crippen molar-refractivity contribution < 1.29 is 22.7 Å². The molecule has 0 bridgehead atoms. The van der Waals surface area contributed by atoms with E-state index in [1.807, 2.05) is 6.07 Å². The molecule has 7 heteroatoms. The molecule has 0 radical (unpaired) electrons. The fourth-order valence-electron chi connectivity index (χ4n) is 2.82. The highest BCUT2D eigenvalue weighted by molar-refractivity contribution is 7.94. The number of rotatable bonds is 3. The zero-order chi connectivity index (χ0) is 17.4. The predicted octanol–water partition coefficient (Wildman–Crippen LogP) is 2.40. The number of carbonyl (C=O) groups excluding carboxylic acids is 1. The average Bonchev–Trinajstić information content (AvgIpc) is 2.89. The minimum absolute atomic E-state index is 0.152. The minimum Gasteiger partial charge on any atom is -0.486 e. The van der Waals surface area contributed by atoms with Crippen molar-refractivity contribution in [3.05, 3.63) is 52.9 Å². The summed E-state index contributed by atoms with van der Waals surface area (Å²) >= 11 is 0. The van der Waals surface area contributed by atoms with Crippen LogP contribution in [0.2, 0.25) is 0 Å². The molecule has 0 saturated carbocycles. The maximum atomic E-state index is 12.3. The predicted molar refractivity (Wildman–Crippen MR) is 92.4 cm³/mol. The molecule has 4 rings (SSSR count). The van der Waals surface area contributed by atoms with Crippen LogP contribution in [0.15, 0.2) is 46.7 Å². The van der Waals surface area contributed by atoms with Crippen molar-refractivity contribution in [3.63, 3.8) is 0 Å². The molecule has 0 spiro atoms. The Morgan fingerprint density at radius 1 is 1.04 bits per heavy atom. The maximum Gasteiger partial charge on any atom is 0.228 e. The highest BCUT2D eigenvalue weighted by Gasteiger charge is 2.21. The summed E-state index contributed by atoms with van der Waals surface area (Å²) in [6.07, 6.45) is 1.70. The topological polar surface area (TPSA) is 81.7 Å². The van der Waals surface area contributed by atoms with E-state index >= 15 is 0 Å². The second-order valence-corrected chi connectivity index (χ2v) is 7.61. The third-order valence-electron chi connectivity index (χ3n) is 4.00. The quantitative estimate of drug-likeness (QED) is 0.912. The Morgan fingerprint density at radius 3 is 2.68 bits per heavy atom. The number of sulfone groups is 1. The number of carbonyl (C=O) groups is 1. The Hall–Kier alpha value is -2.80. The van der Waals surface area contributed by atoms with Crippen LogP contribution in [0.5, 0.6) is 11.5 Å². The van der Waals surface area contributed by atoms with Crippen molar-refractivity contribution in [2.24, 2.45) is 0 Å². The molecule has 1 N–H and O–H groups in total. The van der Waals surface area contributed by atoms with Crippen LogP contribution in [0.1, 0.15) is 11.1 Å². The molecule has 6 nitrogen and oxygen atoms in total. The number of hydrogen-bond acceptors (Lipinski definition) is 5. The molecule has 2 aromatic carbocycles. The molecule has 2 aromatic rings. The molecular weight excluding hydrogens is 342 g/mol. The molecule has 2 aliphatic heterocycles. The van der Waals surface area contributed by atoms with Gasteiger partial charge in [0.05, 0.1) is 11.3 Å². The van der Waals surface area contributed by atoms with Crippen LogP contribution in [0.4, 0.5) is 5.69 Å². The van der Waals surface area contributed by atoms with Crippen LogP contribution in [0.25, 0.3) is 6.08 Å². The Bertz CT molecular complexity index is 995. The Balaban J connectivity index is 1.48. The van der Waals surface area contributed by atoms with E-state index in [0.29, 0.717) is 36.0 Å². The normalized spacial score (nSPS) is 16.3. The molecule has 128 valence electrons. The first-order valence-corrected chi connectivity index (χ1v) is 9.31. The fourth-order valence-corrected chi connectivity index (χ4v) is 4.05. The van der Waals surface area contributed by atoms with Crippen LogP contribution in [0, 0.1) is 0 Å². The highest BCUT2D eigenvalue weighted by Crippen LogP contribution is 2.31. The minimum atomic E-state index is -3.40. The van der Waals surface area contributed by atoms with Gasteiger partial charge in [0, 0.05) is 11.1 Å². The molecule has 2 heterocycles. The molecular formula is C18H15NO5S. The van der Waals surface area contributed by atoms with E-state index in [-0.39, 0.29) is 17.2 Å². The molecule has 0 aromatic heterocycles. The second-order valence-electron chi connectivity index (χ2n) is 5.80. The van der Waals surface area contributed by atoms with Gasteiger partial charge in [0.25, 0.3) is 0 Å². The number of amides is 1. The number of hydrogen-bond donors (Lipinski definition) is 1. The molecule has 0 fully saturated rings. The van der Waals surface area contributed by atoms with Crippen molar-refractivity contribution in [1.29, 1.82) is 0 Å². The van der Waals surface area contributed by atoms with E-state index in [1.165, 1.54) is 11.5 Å². The lowest BCUT2D eigenvalue weighted by molar-refractivity contribution is -0.115. The van der Waals surface area contributed by atoms with E-state index in [2.05, 4.69) is 5.32 Å². The zero-order valence-corrected chi connectivity index (χ0v) is 14.0. The van der Waals surface area contributed by atoms with Crippen LogP contribution in [-0.2, 0) is 21.1 Å². The standard InChI is InChI=1S/C18H15NO5S/c20-18(10-12-1-4-15-16(9-12)24-7-6-23-15)19-14-3-2-13-5-8-25(21,22)17(13)11-14/h1-5,8-9,11H,6-7,10H2,(H,19,20). The summed E-state index contributed by atoms with van der Waals surface area (Å²) in [6.45, 7) is 1.00. The number of ether oxygens (including phenoxy) is 2. The van der Waals surface area contributed by atoms with Crippen LogP contribution < -0.4 is 14.8 Å². The van der Waals surface area contributed by atoms with Gasteiger partial charge in [0.15, 0.2) is 11.5 Å². The largest absolute Gasteiger partial charge is 0.486 e. The first-order chi connectivity index (χ1) is 12.0. The summed E-state index contributed by atoms with van der Waals surface area (Å²) < 4.78 is 34.7.